The molecule has 0 aliphatic rings. The van der Waals surface area contributed by atoms with Crippen molar-refractivity contribution < 1.29 is 22.7 Å². The maximum Gasteiger partial charge on any atom is 0.225 e. The Morgan fingerprint density at radius 1 is 1.07 bits per heavy atom. The van der Waals surface area contributed by atoms with Crippen molar-refractivity contribution in [1.82, 2.24) is 19.3 Å². The highest BCUT2D eigenvalue weighted by atomic mass is 32.2. The minimum absolute atomic E-state index is 0.202. The molecule has 2 aromatic carbocycles. The molecule has 11 nitrogen and oxygen atoms in total. The second kappa shape index (κ2) is 11.9. The van der Waals surface area contributed by atoms with Crippen LogP contribution in [0.4, 0.5) is 17.3 Å². The Labute approximate surface area is 234 Å². The van der Waals surface area contributed by atoms with Gasteiger partial charge in [-0.1, -0.05) is 19.1 Å². The third-order valence-corrected chi connectivity index (χ3v) is 7.17. The number of anilines is 3. The van der Waals surface area contributed by atoms with Crippen molar-refractivity contribution in [3.63, 3.8) is 0 Å². The number of ether oxygens (including phenoxy) is 2. The van der Waals surface area contributed by atoms with E-state index < -0.39 is 10.0 Å². The van der Waals surface area contributed by atoms with E-state index >= 15 is 0 Å². The summed E-state index contributed by atoms with van der Waals surface area (Å²) in [7, 11) is 1.74. The van der Waals surface area contributed by atoms with Crippen LogP contribution in [0.1, 0.15) is 30.5 Å². The van der Waals surface area contributed by atoms with Crippen molar-refractivity contribution in [1.29, 1.82) is 0 Å². The highest BCUT2D eigenvalue weighted by molar-refractivity contribution is 7.88. The highest BCUT2D eigenvalue weighted by Crippen LogP contribution is 2.32. The SMILES string of the molecule is CCc1cc(CNS(C)(=O)=O)ccc1Nc1cc2c(ncn2C)c(N(Cc2ccc(OC)cc2OC)C(C)=O)n1. The minimum Gasteiger partial charge on any atom is -0.497 e. The van der Waals surface area contributed by atoms with E-state index in [1.54, 1.807) is 31.5 Å². The van der Waals surface area contributed by atoms with Gasteiger partial charge in [-0.25, -0.2) is 23.1 Å². The molecule has 0 aliphatic carbocycles. The number of nitrogens with one attached hydrogen (secondary N) is 2. The third kappa shape index (κ3) is 6.52. The lowest BCUT2D eigenvalue weighted by Gasteiger charge is -2.23. The zero-order valence-electron chi connectivity index (χ0n) is 23.5. The predicted molar refractivity (Wildman–Crippen MR) is 156 cm³/mol. The number of benzene rings is 2. The van der Waals surface area contributed by atoms with Crippen molar-refractivity contribution in [3.8, 4) is 11.5 Å². The average Bonchev–Trinajstić information content (AvgIpc) is 3.30. The Morgan fingerprint density at radius 3 is 2.50 bits per heavy atom. The number of pyridine rings is 1. The molecule has 2 N–H and O–H groups in total. The fourth-order valence-corrected chi connectivity index (χ4v) is 4.80. The molecule has 0 bridgehead atoms. The molecule has 2 aromatic heterocycles. The molecule has 212 valence electrons. The van der Waals surface area contributed by atoms with Crippen LogP contribution >= 0.6 is 0 Å². The maximum atomic E-state index is 13.0. The van der Waals surface area contributed by atoms with Crippen LogP contribution in [-0.4, -0.2) is 49.3 Å². The van der Waals surface area contributed by atoms with Crippen molar-refractivity contribution in [3.05, 3.63) is 65.5 Å². The quantitative estimate of drug-likeness (QED) is 0.280. The lowest BCUT2D eigenvalue weighted by atomic mass is 10.1. The summed E-state index contributed by atoms with van der Waals surface area (Å²) in [6, 6.07) is 13.1. The number of hydrogen-bond donors (Lipinski definition) is 2. The molecule has 0 saturated heterocycles. The predicted octanol–water partition coefficient (Wildman–Crippen LogP) is 3.89. The molecule has 0 aliphatic heterocycles. The van der Waals surface area contributed by atoms with Gasteiger partial charge in [-0.3, -0.25) is 9.69 Å². The molecule has 4 aromatic rings. The summed E-state index contributed by atoms with van der Waals surface area (Å²) in [5, 5.41) is 3.40. The largest absolute Gasteiger partial charge is 0.497 e. The van der Waals surface area contributed by atoms with Gasteiger partial charge in [0.2, 0.25) is 15.9 Å². The summed E-state index contributed by atoms with van der Waals surface area (Å²) in [5.74, 6) is 1.99. The zero-order valence-corrected chi connectivity index (χ0v) is 24.3. The lowest BCUT2D eigenvalue weighted by molar-refractivity contribution is -0.116. The van der Waals surface area contributed by atoms with Gasteiger partial charge in [-0.05, 0) is 35.7 Å². The van der Waals surface area contributed by atoms with Crippen LogP contribution in [0.3, 0.4) is 0 Å². The number of carbonyl (C=O) groups is 1. The van der Waals surface area contributed by atoms with Gasteiger partial charge in [-0.2, -0.15) is 0 Å². The Hall–Kier alpha value is -4.16. The first kappa shape index (κ1) is 28.8. The summed E-state index contributed by atoms with van der Waals surface area (Å²) >= 11 is 0. The van der Waals surface area contributed by atoms with Gasteiger partial charge < -0.3 is 19.4 Å². The van der Waals surface area contributed by atoms with Crippen LogP contribution < -0.4 is 24.4 Å². The number of hydrogen-bond acceptors (Lipinski definition) is 8. The van der Waals surface area contributed by atoms with Crippen LogP contribution in [0.5, 0.6) is 11.5 Å². The number of methoxy groups -OCH3 is 2. The van der Waals surface area contributed by atoms with Gasteiger partial charge in [0.05, 0.1) is 38.9 Å². The van der Waals surface area contributed by atoms with Gasteiger partial charge in [0.15, 0.2) is 5.82 Å². The van der Waals surface area contributed by atoms with Gasteiger partial charge in [0.1, 0.15) is 22.8 Å². The van der Waals surface area contributed by atoms with Crippen LogP contribution in [-0.2, 0) is 41.4 Å². The van der Waals surface area contributed by atoms with Crippen molar-refractivity contribution in [2.75, 3.05) is 30.7 Å². The molecule has 0 saturated carbocycles. The summed E-state index contributed by atoms with van der Waals surface area (Å²) in [6.07, 6.45) is 3.54. The van der Waals surface area contributed by atoms with E-state index in [0.29, 0.717) is 35.1 Å². The molecule has 0 unspecified atom stereocenters. The first-order valence-corrected chi connectivity index (χ1v) is 14.6. The maximum absolute atomic E-state index is 13.0. The number of aryl methyl sites for hydroxylation is 2. The number of imidazole rings is 1. The van der Waals surface area contributed by atoms with E-state index in [1.165, 1.54) is 6.92 Å². The molecule has 0 spiro atoms. The van der Waals surface area contributed by atoms with E-state index in [9.17, 15) is 13.2 Å². The number of sulfonamides is 1. The fraction of sp³-hybridized carbons (Fsp3) is 0.321. The van der Waals surface area contributed by atoms with Gasteiger partial charge in [-0.15, -0.1) is 0 Å². The molecular weight excluding hydrogens is 532 g/mol. The number of rotatable bonds is 11. The monoisotopic (exact) mass is 566 g/mol. The van der Waals surface area contributed by atoms with Crippen LogP contribution in [0, 0.1) is 0 Å². The Balaban J connectivity index is 1.73. The number of nitrogens with zero attached hydrogens (tertiary/aromatic N) is 4. The minimum atomic E-state index is -3.30. The Morgan fingerprint density at radius 2 is 1.85 bits per heavy atom. The number of carbonyl (C=O) groups excluding carboxylic acids is 1. The Bertz CT molecular complexity index is 1650. The molecular formula is C28H34N6O5S. The van der Waals surface area contributed by atoms with Crippen molar-refractivity contribution in [2.24, 2.45) is 7.05 Å². The number of amides is 1. The summed E-state index contributed by atoms with van der Waals surface area (Å²) in [4.78, 5) is 23.9. The average molecular weight is 567 g/mol. The van der Waals surface area contributed by atoms with Crippen LogP contribution in [0.15, 0.2) is 48.8 Å². The molecule has 40 heavy (non-hydrogen) atoms. The highest BCUT2D eigenvalue weighted by Gasteiger charge is 2.22. The fourth-order valence-electron chi connectivity index (χ4n) is 4.38. The lowest BCUT2D eigenvalue weighted by Crippen LogP contribution is -2.29. The molecule has 4 rings (SSSR count). The van der Waals surface area contributed by atoms with Gasteiger partial charge in [0.25, 0.3) is 0 Å². The van der Waals surface area contributed by atoms with E-state index in [1.807, 2.05) is 54.9 Å². The van der Waals surface area contributed by atoms with Crippen molar-refractivity contribution >= 4 is 44.3 Å². The molecule has 12 heteroatoms. The first-order valence-electron chi connectivity index (χ1n) is 12.7. The van der Waals surface area contributed by atoms with Gasteiger partial charge in [0, 0.05) is 43.9 Å². The second-order valence-electron chi connectivity index (χ2n) is 9.40. The normalized spacial score (nSPS) is 11.4. The number of aromatic nitrogens is 3. The summed E-state index contributed by atoms with van der Waals surface area (Å²) < 4.78 is 38.3. The standard InChI is InChI=1S/C28H34N6O5S/c1-7-20-12-19(15-30-40(6,36)37)8-11-23(20)31-26-14-24-27(29-17-33(24)3)28(32-26)34(18(2)35)16-21-9-10-22(38-4)13-25(21)39-5/h8-14,17,30H,7,15-16H2,1-6H3,(H,31,32). The van der Waals surface area contributed by atoms with Crippen LogP contribution in [0.25, 0.3) is 11.0 Å². The van der Waals surface area contributed by atoms with E-state index in [0.717, 1.165) is 34.2 Å². The van der Waals surface area contributed by atoms with Crippen LogP contribution in [0.2, 0.25) is 0 Å². The smallest absolute Gasteiger partial charge is 0.225 e. The number of fused-ring (bicyclic) bond motifs is 1. The Kier molecular flexibility index (Phi) is 8.60. The zero-order chi connectivity index (χ0) is 29.0. The molecule has 0 atom stereocenters. The first-order chi connectivity index (χ1) is 19.0. The molecule has 0 fully saturated rings. The topological polar surface area (TPSA) is 128 Å². The molecule has 0 radical (unpaired) electrons. The van der Waals surface area contributed by atoms with E-state index in [-0.39, 0.29) is 19.0 Å². The van der Waals surface area contributed by atoms with E-state index in [4.69, 9.17) is 14.5 Å². The second-order valence-corrected chi connectivity index (χ2v) is 11.2. The van der Waals surface area contributed by atoms with Gasteiger partial charge >= 0.3 is 0 Å². The summed E-state index contributed by atoms with van der Waals surface area (Å²) in [5.41, 5.74) is 4.85. The third-order valence-electron chi connectivity index (χ3n) is 6.50. The van der Waals surface area contributed by atoms with Crippen molar-refractivity contribution in [2.45, 2.75) is 33.4 Å². The van der Waals surface area contributed by atoms with E-state index in [2.05, 4.69) is 15.0 Å². The molecule has 1 amide bonds. The summed E-state index contributed by atoms with van der Waals surface area (Å²) in [6.45, 7) is 3.94. The molecule has 2 heterocycles.